The molecule has 0 amide bonds. The molecule has 2 aromatic carbocycles. The Bertz CT molecular complexity index is 926. The standard InChI is InChI=1S/C26H26Cl2/c27-25-9-5-4-8-24(25)26(28,22-6-2-1-3-7-22)23-14-12-18(13-15-23)19-10-11-20-17-21(20)16-19/h1-9,12,14,19-21H,10-11,13,15-17H2/t19?,20-,21?,26?/m1/s1. The SMILES string of the molecule is Clc1ccccc1C(Cl)(C1=CC=C(C2CC[C@@H]3CC3C2)CC1)c1ccccc1. The first kappa shape index (κ1) is 18.5. The molecule has 0 aliphatic heterocycles. The van der Waals surface area contributed by atoms with E-state index in [1.807, 2.05) is 24.3 Å². The van der Waals surface area contributed by atoms with Crippen LogP contribution in [0.4, 0.5) is 0 Å². The van der Waals surface area contributed by atoms with Crippen LogP contribution in [0.3, 0.4) is 0 Å². The topological polar surface area (TPSA) is 0 Å². The van der Waals surface area contributed by atoms with Gasteiger partial charge in [0.1, 0.15) is 4.87 Å². The first-order chi connectivity index (χ1) is 13.7. The lowest BCUT2D eigenvalue weighted by Gasteiger charge is -2.35. The zero-order valence-electron chi connectivity index (χ0n) is 16.1. The van der Waals surface area contributed by atoms with Gasteiger partial charge in [-0.2, -0.15) is 0 Å². The van der Waals surface area contributed by atoms with Crippen LogP contribution in [0, 0.1) is 17.8 Å². The highest BCUT2D eigenvalue weighted by atomic mass is 35.5. The molecular weight excluding hydrogens is 383 g/mol. The van der Waals surface area contributed by atoms with E-state index in [-0.39, 0.29) is 0 Å². The van der Waals surface area contributed by atoms with Gasteiger partial charge in [0, 0.05) is 10.6 Å². The third kappa shape index (κ3) is 3.25. The van der Waals surface area contributed by atoms with Crippen LogP contribution in [0.1, 0.15) is 49.7 Å². The van der Waals surface area contributed by atoms with E-state index >= 15 is 0 Å². The van der Waals surface area contributed by atoms with Crippen LogP contribution in [0.2, 0.25) is 5.02 Å². The van der Waals surface area contributed by atoms with Gasteiger partial charge in [-0.1, -0.05) is 77.9 Å². The molecule has 0 nitrogen and oxygen atoms in total. The molecule has 28 heavy (non-hydrogen) atoms. The number of halogens is 2. The number of hydrogen-bond acceptors (Lipinski definition) is 0. The Hall–Kier alpha value is -1.50. The van der Waals surface area contributed by atoms with Crippen molar-refractivity contribution in [2.75, 3.05) is 0 Å². The van der Waals surface area contributed by atoms with Gasteiger partial charge in [0.2, 0.25) is 0 Å². The van der Waals surface area contributed by atoms with E-state index in [0.29, 0.717) is 0 Å². The van der Waals surface area contributed by atoms with E-state index in [1.165, 1.54) is 31.3 Å². The molecule has 144 valence electrons. The Morgan fingerprint density at radius 2 is 1.57 bits per heavy atom. The van der Waals surface area contributed by atoms with Gasteiger partial charge in [0.05, 0.1) is 0 Å². The second-order valence-electron chi connectivity index (χ2n) is 8.70. The number of benzene rings is 2. The molecule has 0 aromatic heterocycles. The number of fused-ring (bicyclic) bond motifs is 1. The Morgan fingerprint density at radius 1 is 0.786 bits per heavy atom. The first-order valence-electron chi connectivity index (χ1n) is 10.6. The highest BCUT2D eigenvalue weighted by Gasteiger charge is 2.43. The molecule has 0 N–H and O–H groups in total. The fourth-order valence-electron chi connectivity index (χ4n) is 5.39. The van der Waals surface area contributed by atoms with Crippen molar-refractivity contribution < 1.29 is 0 Å². The lowest BCUT2D eigenvalue weighted by Crippen LogP contribution is -2.25. The summed E-state index contributed by atoms with van der Waals surface area (Å²) in [4.78, 5) is -0.713. The summed E-state index contributed by atoms with van der Waals surface area (Å²) in [7, 11) is 0. The van der Waals surface area contributed by atoms with Crippen LogP contribution in [0.25, 0.3) is 0 Å². The highest BCUT2D eigenvalue weighted by molar-refractivity contribution is 6.34. The molecule has 0 heterocycles. The van der Waals surface area contributed by atoms with Gasteiger partial charge in [-0.25, -0.2) is 0 Å². The Balaban J connectivity index is 1.52. The quantitative estimate of drug-likeness (QED) is 0.450. The zero-order chi connectivity index (χ0) is 19.1. The van der Waals surface area contributed by atoms with Gasteiger partial charge in [0.25, 0.3) is 0 Å². The number of rotatable bonds is 4. The molecule has 2 heteroatoms. The van der Waals surface area contributed by atoms with E-state index in [1.54, 1.807) is 5.57 Å². The maximum atomic E-state index is 7.46. The van der Waals surface area contributed by atoms with Crippen LogP contribution in [-0.2, 0) is 4.87 Å². The summed E-state index contributed by atoms with van der Waals surface area (Å²) in [6.07, 6.45) is 12.5. The Labute approximate surface area is 178 Å². The normalized spacial score (nSPS) is 28.6. The van der Waals surface area contributed by atoms with Crippen LogP contribution >= 0.6 is 23.2 Å². The molecular formula is C26H26Cl2. The molecule has 2 saturated carbocycles. The monoisotopic (exact) mass is 408 g/mol. The molecule has 5 rings (SSSR count). The maximum Gasteiger partial charge on any atom is 0.117 e. The smallest absolute Gasteiger partial charge is 0.104 e. The summed E-state index contributed by atoms with van der Waals surface area (Å²) in [5.41, 5.74) is 4.95. The second kappa shape index (κ2) is 7.39. The van der Waals surface area contributed by atoms with Crippen molar-refractivity contribution >= 4 is 23.2 Å². The van der Waals surface area contributed by atoms with Gasteiger partial charge in [-0.05, 0) is 73.5 Å². The van der Waals surface area contributed by atoms with E-state index in [4.69, 9.17) is 23.2 Å². The minimum absolute atomic E-state index is 0.713. The second-order valence-corrected chi connectivity index (χ2v) is 9.68. The average molecular weight is 409 g/mol. The summed E-state index contributed by atoms with van der Waals surface area (Å²) in [5, 5.41) is 0.726. The van der Waals surface area contributed by atoms with Gasteiger partial charge in [0.15, 0.2) is 0 Å². The van der Waals surface area contributed by atoms with Crippen LogP contribution in [0.15, 0.2) is 77.9 Å². The number of alkyl halides is 1. The minimum atomic E-state index is -0.713. The van der Waals surface area contributed by atoms with Gasteiger partial charge in [-0.3, -0.25) is 0 Å². The average Bonchev–Trinajstić information content (AvgIpc) is 3.53. The van der Waals surface area contributed by atoms with Crippen LogP contribution in [-0.4, -0.2) is 0 Å². The zero-order valence-corrected chi connectivity index (χ0v) is 17.6. The third-order valence-corrected chi connectivity index (χ3v) is 8.10. The van der Waals surface area contributed by atoms with Crippen molar-refractivity contribution in [1.29, 1.82) is 0 Å². The molecule has 0 bridgehead atoms. The van der Waals surface area contributed by atoms with Crippen LogP contribution < -0.4 is 0 Å². The fraction of sp³-hybridized carbons (Fsp3) is 0.385. The van der Waals surface area contributed by atoms with Gasteiger partial charge in [-0.15, -0.1) is 11.6 Å². The molecule has 0 saturated heterocycles. The maximum absolute atomic E-state index is 7.46. The van der Waals surface area contributed by atoms with E-state index in [2.05, 4.69) is 42.5 Å². The lowest BCUT2D eigenvalue weighted by molar-refractivity contribution is 0.376. The minimum Gasteiger partial charge on any atom is -0.104 e. The van der Waals surface area contributed by atoms with Crippen molar-refractivity contribution in [3.8, 4) is 0 Å². The molecule has 3 aliphatic rings. The molecule has 2 aromatic rings. The van der Waals surface area contributed by atoms with E-state index in [9.17, 15) is 0 Å². The van der Waals surface area contributed by atoms with Crippen molar-refractivity contribution in [1.82, 2.24) is 0 Å². The van der Waals surface area contributed by atoms with E-state index in [0.717, 1.165) is 46.7 Å². The molecule has 0 radical (unpaired) electrons. The van der Waals surface area contributed by atoms with Crippen molar-refractivity contribution in [3.63, 3.8) is 0 Å². The molecule has 0 spiro atoms. The molecule has 2 fully saturated rings. The van der Waals surface area contributed by atoms with Gasteiger partial charge >= 0.3 is 0 Å². The van der Waals surface area contributed by atoms with Crippen molar-refractivity contribution in [3.05, 3.63) is 94.0 Å². The fourth-order valence-corrected chi connectivity index (χ4v) is 6.16. The molecule has 4 atom stereocenters. The summed E-state index contributed by atoms with van der Waals surface area (Å²) < 4.78 is 0. The predicted octanol–water partition coefficient (Wildman–Crippen LogP) is 7.91. The van der Waals surface area contributed by atoms with Crippen molar-refractivity contribution in [2.45, 2.75) is 43.4 Å². The molecule has 3 aliphatic carbocycles. The Morgan fingerprint density at radius 3 is 2.29 bits per heavy atom. The van der Waals surface area contributed by atoms with E-state index < -0.39 is 4.87 Å². The summed E-state index contributed by atoms with van der Waals surface area (Å²) in [6, 6.07) is 18.4. The lowest BCUT2D eigenvalue weighted by atomic mass is 9.75. The highest BCUT2D eigenvalue weighted by Crippen LogP contribution is 2.54. The number of allylic oxidation sites excluding steroid dienone is 4. The molecule has 3 unspecified atom stereocenters. The predicted molar refractivity (Wildman–Crippen MR) is 119 cm³/mol. The van der Waals surface area contributed by atoms with Gasteiger partial charge < -0.3 is 0 Å². The van der Waals surface area contributed by atoms with Crippen LogP contribution in [0.5, 0.6) is 0 Å². The Kier molecular flexibility index (Phi) is 4.89. The summed E-state index contributed by atoms with van der Waals surface area (Å²) in [6.45, 7) is 0. The largest absolute Gasteiger partial charge is 0.117 e. The van der Waals surface area contributed by atoms with Crippen molar-refractivity contribution in [2.24, 2.45) is 17.8 Å². The number of hydrogen-bond donors (Lipinski definition) is 0. The first-order valence-corrected chi connectivity index (χ1v) is 11.3. The summed E-state index contributed by atoms with van der Waals surface area (Å²) >= 11 is 14.1. The third-order valence-electron chi connectivity index (χ3n) is 7.11. The summed E-state index contributed by atoms with van der Waals surface area (Å²) in [5.74, 6) is 2.87.